The summed E-state index contributed by atoms with van der Waals surface area (Å²) in [4.78, 5) is 40.1. The number of amides is 3. The van der Waals surface area contributed by atoms with Gasteiger partial charge in [0.05, 0.1) is 28.0 Å². The van der Waals surface area contributed by atoms with Gasteiger partial charge in [0.15, 0.2) is 6.10 Å². The van der Waals surface area contributed by atoms with Crippen molar-refractivity contribution in [3.8, 4) is 5.75 Å². The Hall–Kier alpha value is -2.77. The van der Waals surface area contributed by atoms with Crippen molar-refractivity contribution < 1.29 is 19.1 Å². The molecule has 9 heteroatoms. The number of para-hydroxylation sites is 3. The number of likely N-dealkylation sites (N-methyl/N-ethyl adjacent to an activating group) is 1. The van der Waals surface area contributed by atoms with Crippen LogP contribution >= 0.6 is 23.2 Å². The molecule has 0 radical (unpaired) electrons. The molecular weight excluding hydrogens is 417 g/mol. The Morgan fingerprint density at radius 3 is 2.48 bits per heavy atom. The van der Waals surface area contributed by atoms with Crippen LogP contribution in [0.2, 0.25) is 10.0 Å². The third kappa shape index (κ3) is 4.63. The molecule has 2 aromatic carbocycles. The zero-order valence-corrected chi connectivity index (χ0v) is 17.3. The first-order valence-corrected chi connectivity index (χ1v) is 9.58. The highest BCUT2D eigenvalue weighted by Crippen LogP contribution is 2.33. The fraction of sp³-hybridized carbons (Fsp3) is 0.250. The van der Waals surface area contributed by atoms with E-state index in [-0.39, 0.29) is 24.7 Å². The van der Waals surface area contributed by atoms with Gasteiger partial charge in [0.25, 0.3) is 5.91 Å². The molecule has 3 rings (SSSR count). The molecule has 29 heavy (non-hydrogen) atoms. The average molecular weight is 436 g/mol. The number of anilines is 2. The number of rotatable bonds is 5. The van der Waals surface area contributed by atoms with E-state index in [0.29, 0.717) is 21.5 Å². The molecule has 0 saturated heterocycles. The van der Waals surface area contributed by atoms with Crippen LogP contribution in [-0.2, 0) is 14.4 Å². The largest absolute Gasteiger partial charge is 0.479 e. The Bertz CT molecular complexity index is 946. The first-order valence-electron chi connectivity index (χ1n) is 8.83. The standard InChI is InChI=1S/C20H19Cl2N3O4/c1-12-20(28)25(15-8-3-4-9-16(15)29-12)11-18(27)24(2)10-17(26)23-19-13(21)6-5-7-14(19)22/h3-9,12H,10-11H2,1-2H3,(H,23,26)/t12-/m0/s1. The van der Waals surface area contributed by atoms with Gasteiger partial charge in [0.2, 0.25) is 11.8 Å². The first kappa shape index (κ1) is 21.0. The molecule has 0 aromatic heterocycles. The minimum absolute atomic E-state index is 0.208. The van der Waals surface area contributed by atoms with Gasteiger partial charge < -0.3 is 15.0 Å². The van der Waals surface area contributed by atoms with Crippen LogP contribution < -0.4 is 15.0 Å². The first-order chi connectivity index (χ1) is 13.8. The van der Waals surface area contributed by atoms with Crippen LogP contribution in [0.4, 0.5) is 11.4 Å². The Labute approximate surface area is 178 Å². The summed E-state index contributed by atoms with van der Waals surface area (Å²) >= 11 is 12.1. The lowest BCUT2D eigenvalue weighted by Gasteiger charge is -2.33. The summed E-state index contributed by atoms with van der Waals surface area (Å²) in [6, 6.07) is 11.8. The minimum atomic E-state index is -0.700. The molecule has 0 aliphatic carbocycles. The van der Waals surface area contributed by atoms with Gasteiger partial charge in [-0.2, -0.15) is 0 Å². The van der Waals surface area contributed by atoms with Crippen molar-refractivity contribution in [1.29, 1.82) is 0 Å². The predicted molar refractivity (Wildman–Crippen MR) is 112 cm³/mol. The van der Waals surface area contributed by atoms with E-state index in [9.17, 15) is 14.4 Å². The molecule has 0 spiro atoms. The van der Waals surface area contributed by atoms with E-state index in [0.717, 1.165) is 0 Å². The third-order valence-corrected chi connectivity index (χ3v) is 5.03. The lowest BCUT2D eigenvalue weighted by Crippen LogP contribution is -2.49. The average Bonchev–Trinajstić information content (AvgIpc) is 2.68. The van der Waals surface area contributed by atoms with Crippen molar-refractivity contribution in [2.24, 2.45) is 0 Å². The fourth-order valence-corrected chi connectivity index (χ4v) is 3.37. The topological polar surface area (TPSA) is 79.0 Å². The molecule has 152 valence electrons. The van der Waals surface area contributed by atoms with Gasteiger partial charge in [-0.25, -0.2) is 0 Å². The monoisotopic (exact) mass is 435 g/mol. The molecule has 1 N–H and O–H groups in total. The Kier molecular flexibility index (Phi) is 6.30. The van der Waals surface area contributed by atoms with Gasteiger partial charge in [-0.1, -0.05) is 41.4 Å². The van der Waals surface area contributed by atoms with Crippen molar-refractivity contribution in [3.05, 3.63) is 52.5 Å². The number of benzene rings is 2. The van der Waals surface area contributed by atoms with E-state index in [4.69, 9.17) is 27.9 Å². The molecule has 3 amide bonds. The van der Waals surface area contributed by atoms with Crippen LogP contribution in [-0.4, -0.2) is 48.9 Å². The van der Waals surface area contributed by atoms with E-state index in [1.165, 1.54) is 16.8 Å². The van der Waals surface area contributed by atoms with Crippen LogP contribution in [0.15, 0.2) is 42.5 Å². The molecule has 2 aromatic rings. The summed E-state index contributed by atoms with van der Waals surface area (Å²) in [6.07, 6.45) is -0.700. The number of hydrogen-bond acceptors (Lipinski definition) is 4. The second-order valence-electron chi connectivity index (χ2n) is 6.55. The number of carbonyl (C=O) groups is 3. The molecule has 0 fully saturated rings. The van der Waals surface area contributed by atoms with E-state index in [1.807, 2.05) is 0 Å². The summed E-state index contributed by atoms with van der Waals surface area (Å²) in [5.41, 5.74) is 0.803. The van der Waals surface area contributed by atoms with Gasteiger partial charge in [-0.05, 0) is 31.2 Å². The lowest BCUT2D eigenvalue weighted by atomic mass is 10.2. The second-order valence-corrected chi connectivity index (χ2v) is 7.36. The molecule has 1 aliphatic heterocycles. The maximum atomic E-state index is 12.7. The maximum Gasteiger partial charge on any atom is 0.268 e. The predicted octanol–water partition coefficient (Wildman–Crippen LogP) is 3.20. The zero-order chi connectivity index (χ0) is 21.1. The summed E-state index contributed by atoms with van der Waals surface area (Å²) in [7, 11) is 1.48. The normalized spacial score (nSPS) is 15.4. The lowest BCUT2D eigenvalue weighted by molar-refractivity contribution is -0.134. The van der Waals surface area contributed by atoms with Crippen molar-refractivity contribution >= 4 is 52.3 Å². The second kappa shape index (κ2) is 8.71. The SMILES string of the molecule is C[C@@H]1Oc2ccccc2N(CC(=O)N(C)CC(=O)Nc2c(Cl)cccc2Cl)C1=O. The Balaban J connectivity index is 1.66. The summed E-state index contributed by atoms with van der Waals surface area (Å²) < 4.78 is 5.56. The Morgan fingerprint density at radius 2 is 1.79 bits per heavy atom. The third-order valence-electron chi connectivity index (χ3n) is 4.40. The molecule has 1 aliphatic rings. The van der Waals surface area contributed by atoms with Crippen LogP contribution in [0.5, 0.6) is 5.75 Å². The van der Waals surface area contributed by atoms with Crippen molar-refractivity contribution in [2.75, 3.05) is 30.4 Å². The number of nitrogens with zero attached hydrogens (tertiary/aromatic N) is 2. The number of carbonyl (C=O) groups excluding carboxylic acids is 3. The van der Waals surface area contributed by atoms with Crippen LogP contribution in [0.1, 0.15) is 6.92 Å². The molecule has 1 heterocycles. The zero-order valence-electron chi connectivity index (χ0n) is 15.8. The molecule has 0 saturated carbocycles. The van der Waals surface area contributed by atoms with Crippen molar-refractivity contribution in [3.63, 3.8) is 0 Å². The van der Waals surface area contributed by atoms with Crippen molar-refractivity contribution in [1.82, 2.24) is 4.90 Å². The van der Waals surface area contributed by atoms with Crippen molar-refractivity contribution in [2.45, 2.75) is 13.0 Å². The minimum Gasteiger partial charge on any atom is -0.479 e. The number of hydrogen-bond donors (Lipinski definition) is 1. The maximum absolute atomic E-state index is 12.7. The number of fused-ring (bicyclic) bond motifs is 1. The highest BCUT2D eigenvalue weighted by Gasteiger charge is 2.33. The summed E-state index contributed by atoms with van der Waals surface area (Å²) in [5.74, 6) is -0.653. The van der Waals surface area contributed by atoms with Crippen LogP contribution in [0, 0.1) is 0 Å². The van der Waals surface area contributed by atoms with Gasteiger partial charge in [-0.3, -0.25) is 19.3 Å². The molecule has 7 nitrogen and oxygen atoms in total. The van der Waals surface area contributed by atoms with E-state index < -0.39 is 17.9 Å². The quantitative estimate of drug-likeness (QED) is 0.781. The molecule has 0 bridgehead atoms. The van der Waals surface area contributed by atoms with Crippen LogP contribution in [0.25, 0.3) is 0 Å². The molecule has 1 atom stereocenters. The van der Waals surface area contributed by atoms with Gasteiger partial charge in [-0.15, -0.1) is 0 Å². The number of ether oxygens (including phenoxy) is 1. The number of nitrogens with one attached hydrogen (secondary N) is 1. The fourth-order valence-electron chi connectivity index (χ4n) is 2.88. The van der Waals surface area contributed by atoms with Gasteiger partial charge in [0, 0.05) is 7.05 Å². The number of halogens is 2. The summed E-state index contributed by atoms with van der Waals surface area (Å²) in [6.45, 7) is 1.19. The van der Waals surface area contributed by atoms with E-state index in [2.05, 4.69) is 5.32 Å². The highest BCUT2D eigenvalue weighted by molar-refractivity contribution is 6.39. The molecule has 0 unspecified atom stereocenters. The van der Waals surface area contributed by atoms with Gasteiger partial charge >= 0.3 is 0 Å². The van der Waals surface area contributed by atoms with E-state index >= 15 is 0 Å². The Morgan fingerprint density at radius 1 is 1.14 bits per heavy atom. The highest BCUT2D eigenvalue weighted by atomic mass is 35.5. The summed E-state index contributed by atoms with van der Waals surface area (Å²) in [5, 5.41) is 3.19. The smallest absolute Gasteiger partial charge is 0.268 e. The molecular formula is C20H19Cl2N3O4. The van der Waals surface area contributed by atoms with E-state index in [1.54, 1.807) is 49.4 Å². The van der Waals surface area contributed by atoms with Crippen LogP contribution in [0.3, 0.4) is 0 Å². The van der Waals surface area contributed by atoms with Gasteiger partial charge in [0.1, 0.15) is 12.3 Å².